The van der Waals surface area contributed by atoms with Gasteiger partial charge in [-0.15, -0.1) is 0 Å². The summed E-state index contributed by atoms with van der Waals surface area (Å²) in [6, 6.07) is 6.07. The highest BCUT2D eigenvalue weighted by molar-refractivity contribution is 7.20. The van der Waals surface area contributed by atoms with Crippen LogP contribution in [0.1, 0.15) is 19.3 Å². The van der Waals surface area contributed by atoms with Crippen molar-refractivity contribution in [2.75, 3.05) is 13.1 Å². The molecule has 1 aliphatic heterocycles. The Morgan fingerprint density at radius 3 is 2.79 bits per heavy atom. The molecule has 0 radical (unpaired) electrons. The van der Waals surface area contributed by atoms with Crippen LogP contribution in [0.5, 0.6) is 5.19 Å². The van der Waals surface area contributed by atoms with Gasteiger partial charge in [-0.25, -0.2) is 9.18 Å². The normalized spacial score (nSPS) is 15.0. The van der Waals surface area contributed by atoms with Crippen molar-refractivity contribution < 1.29 is 13.9 Å². The van der Waals surface area contributed by atoms with Gasteiger partial charge in [-0.1, -0.05) is 17.4 Å². The summed E-state index contributed by atoms with van der Waals surface area (Å²) in [4.78, 5) is 43.3. The predicted molar refractivity (Wildman–Crippen MR) is 106 cm³/mol. The Labute approximate surface area is 168 Å². The number of ether oxygens (including phenoxy) is 1. The van der Waals surface area contributed by atoms with Gasteiger partial charge in [0.1, 0.15) is 17.4 Å². The van der Waals surface area contributed by atoms with E-state index in [-0.39, 0.29) is 30.8 Å². The average molecular weight is 418 g/mol. The number of fused-ring (bicyclic) bond motifs is 1. The molecule has 0 unspecified atom stereocenters. The lowest BCUT2D eigenvalue weighted by Gasteiger charge is -2.31. The van der Waals surface area contributed by atoms with Gasteiger partial charge in [0.05, 0.1) is 4.70 Å². The molecule has 152 valence electrons. The second-order valence-corrected chi connectivity index (χ2v) is 7.81. The van der Waals surface area contributed by atoms with Gasteiger partial charge in [0.15, 0.2) is 0 Å². The molecule has 1 amide bonds. The summed E-state index contributed by atoms with van der Waals surface area (Å²) in [6.45, 7) is 1.30. The van der Waals surface area contributed by atoms with Crippen molar-refractivity contribution >= 4 is 27.5 Å². The smallest absolute Gasteiger partial charge is 0.328 e. The lowest BCUT2D eigenvalue weighted by atomic mass is 10.1. The Kier molecular flexibility index (Phi) is 5.43. The fraction of sp³-hybridized carbons (Fsp3) is 0.368. The number of nitrogens with one attached hydrogen (secondary N) is 1. The molecular weight excluding hydrogens is 399 g/mol. The minimum Gasteiger partial charge on any atom is -0.467 e. The molecule has 1 saturated heterocycles. The number of aromatic amines is 1. The molecule has 4 rings (SSSR count). The molecule has 1 aromatic carbocycles. The number of thiazole rings is 1. The van der Waals surface area contributed by atoms with Crippen molar-refractivity contribution in [3.8, 4) is 5.19 Å². The third kappa shape index (κ3) is 4.37. The van der Waals surface area contributed by atoms with Crippen molar-refractivity contribution in [3.05, 3.63) is 57.1 Å². The second-order valence-electron chi connectivity index (χ2n) is 6.82. The van der Waals surface area contributed by atoms with E-state index in [1.807, 2.05) is 0 Å². The maximum atomic E-state index is 13.8. The molecule has 2 aromatic heterocycles. The first-order valence-corrected chi connectivity index (χ1v) is 10.1. The molecule has 1 N–H and O–H groups in total. The Balaban J connectivity index is 1.29. The number of hydrogen-bond donors (Lipinski definition) is 1. The summed E-state index contributed by atoms with van der Waals surface area (Å²) in [5.74, 6) is -0.417. The van der Waals surface area contributed by atoms with E-state index >= 15 is 0 Å². The molecule has 3 aromatic rings. The van der Waals surface area contributed by atoms with Crippen molar-refractivity contribution in [1.29, 1.82) is 0 Å². The van der Waals surface area contributed by atoms with Crippen LogP contribution in [0.4, 0.5) is 4.39 Å². The molecule has 10 heteroatoms. The number of nitrogens with zero attached hydrogens (tertiary/aromatic N) is 3. The van der Waals surface area contributed by atoms with E-state index < -0.39 is 11.2 Å². The van der Waals surface area contributed by atoms with Gasteiger partial charge in [-0.05, 0) is 12.1 Å². The van der Waals surface area contributed by atoms with Crippen LogP contribution in [-0.4, -0.2) is 44.5 Å². The van der Waals surface area contributed by atoms with E-state index in [1.54, 1.807) is 17.0 Å². The third-order valence-electron chi connectivity index (χ3n) is 4.88. The molecule has 0 aliphatic carbocycles. The van der Waals surface area contributed by atoms with E-state index in [0.29, 0.717) is 36.6 Å². The number of rotatable bonds is 5. The van der Waals surface area contributed by atoms with Crippen LogP contribution in [0.2, 0.25) is 0 Å². The van der Waals surface area contributed by atoms with Gasteiger partial charge in [-0.3, -0.25) is 14.6 Å². The SMILES string of the molecule is O=C(CCn1ccc(=O)[nH]c1=O)N1CCC(Oc2nc3c(F)cccc3s2)CC1. The van der Waals surface area contributed by atoms with E-state index in [0.717, 1.165) is 4.70 Å². The van der Waals surface area contributed by atoms with E-state index in [9.17, 15) is 18.8 Å². The quantitative estimate of drug-likeness (QED) is 0.681. The molecular formula is C19H19FN4O4S. The molecule has 0 spiro atoms. The number of carbonyl (C=O) groups excluding carboxylic acids is 1. The standard InChI is InChI=1S/C19H19FN4O4S/c20-13-2-1-3-14-17(13)22-19(29-14)28-12-4-8-23(9-5-12)16(26)7-11-24-10-6-15(25)21-18(24)27/h1-3,6,10,12H,4-5,7-9,11H2,(H,21,25,27). The number of piperidine rings is 1. The summed E-state index contributed by atoms with van der Waals surface area (Å²) in [5, 5.41) is 0.437. The number of aryl methyl sites for hydroxylation is 1. The van der Waals surface area contributed by atoms with Gasteiger partial charge >= 0.3 is 5.69 Å². The van der Waals surface area contributed by atoms with Gasteiger partial charge in [0, 0.05) is 51.2 Å². The van der Waals surface area contributed by atoms with E-state index in [4.69, 9.17) is 4.74 Å². The van der Waals surface area contributed by atoms with Crippen LogP contribution in [0.15, 0.2) is 40.1 Å². The zero-order chi connectivity index (χ0) is 20.4. The zero-order valence-corrected chi connectivity index (χ0v) is 16.3. The number of aromatic nitrogens is 3. The van der Waals surface area contributed by atoms with Crippen LogP contribution in [0.25, 0.3) is 10.2 Å². The monoisotopic (exact) mass is 418 g/mol. The van der Waals surface area contributed by atoms with Crippen LogP contribution < -0.4 is 16.0 Å². The van der Waals surface area contributed by atoms with E-state index in [2.05, 4.69) is 9.97 Å². The van der Waals surface area contributed by atoms with Crippen molar-refractivity contribution in [3.63, 3.8) is 0 Å². The van der Waals surface area contributed by atoms with Gasteiger partial charge < -0.3 is 14.2 Å². The van der Waals surface area contributed by atoms with Gasteiger partial charge in [-0.2, -0.15) is 4.98 Å². The Hall–Kier alpha value is -3.01. The van der Waals surface area contributed by atoms with Gasteiger partial charge in [0.2, 0.25) is 5.91 Å². The Morgan fingerprint density at radius 1 is 1.28 bits per heavy atom. The van der Waals surface area contributed by atoms with Crippen LogP contribution in [0, 0.1) is 5.82 Å². The van der Waals surface area contributed by atoms with Crippen molar-refractivity contribution in [1.82, 2.24) is 19.4 Å². The topological polar surface area (TPSA) is 97.3 Å². The molecule has 3 heterocycles. The third-order valence-corrected chi connectivity index (χ3v) is 5.79. The highest BCUT2D eigenvalue weighted by atomic mass is 32.1. The number of hydrogen-bond acceptors (Lipinski definition) is 6. The number of likely N-dealkylation sites (tertiary alicyclic amines) is 1. The Bertz CT molecular complexity index is 1150. The summed E-state index contributed by atoms with van der Waals surface area (Å²) in [6.07, 6.45) is 2.79. The van der Waals surface area contributed by atoms with Crippen LogP contribution in [0.3, 0.4) is 0 Å². The number of halogens is 1. The number of H-pyrrole nitrogens is 1. The maximum absolute atomic E-state index is 13.8. The number of carbonyl (C=O) groups is 1. The molecule has 1 fully saturated rings. The Morgan fingerprint density at radius 2 is 2.07 bits per heavy atom. The zero-order valence-electron chi connectivity index (χ0n) is 15.5. The molecule has 0 atom stereocenters. The minimum atomic E-state index is -0.523. The average Bonchev–Trinajstić information content (AvgIpc) is 3.11. The molecule has 0 bridgehead atoms. The number of amides is 1. The number of para-hydroxylation sites is 1. The van der Waals surface area contributed by atoms with Gasteiger partial charge in [0.25, 0.3) is 10.8 Å². The fourth-order valence-electron chi connectivity index (χ4n) is 3.31. The first kappa shape index (κ1) is 19.3. The highest BCUT2D eigenvalue weighted by Gasteiger charge is 2.25. The molecule has 29 heavy (non-hydrogen) atoms. The minimum absolute atomic E-state index is 0.0522. The maximum Gasteiger partial charge on any atom is 0.328 e. The summed E-state index contributed by atoms with van der Waals surface area (Å²) in [5.41, 5.74) is -0.669. The number of benzene rings is 1. The lowest BCUT2D eigenvalue weighted by molar-refractivity contribution is -0.133. The summed E-state index contributed by atoms with van der Waals surface area (Å²) < 4.78 is 21.7. The molecule has 8 nitrogen and oxygen atoms in total. The fourth-order valence-corrected chi connectivity index (χ4v) is 4.20. The summed E-state index contributed by atoms with van der Waals surface area (Å²) >= 11 is 1.31. The van der Waals surface area contributed by atoms with E-state index in [1.165, 1.54) is 34.2 Å². The summed E-state index contributed by atoms with van der Waals surface area (Å²) in [7, 11) is 0. The first-order valence-electron chi connectivity index (χ1n) is 9.29. The lowest BCUT2D eigenvalue weighted by Crippen LogP contribution is -2.42. The van der Waals surface area contributed by atoms with Crippen molar-refractivity contribution in [2.24, 2.45) is 0 Å². The first-order chi connectivity index (χ1) is 14.0. The van der Waals surface area contributed by atoms with Crippen LogP contribution >= 0.6 is 11.3 Å². The highest BCUT2D eigenvalue weighted by Crippen LogP contribution is 2.31. The second kappa shape index (κ2) is 8.16. The predicted octanol–water partition coefficient (Wildman–Crippen LogP) is 1.75. The largest absolute Gasteiger partial charge is 0.467 e. The van der Waals surface area contributed by atoms with Crippen LogP contribution in [-0.2, 0) is 11.3 Å². The molecule has 1 aliphatic rings. The van der Waals surface area contributed by atoms with Crippen molar-refractivity contribution in [2.45, 2.75) is 31.9 Å². The molecule has 0 saturated carbocycles.